The van der Waals surface area contributed by atoms with Crippen LogP contribution < -0.4 is 4.74 Å². The van der Waals surface area contributed by atoms with Crippen LogP contribution in [0.5, 0.6) is 5.75 Å². The van der Waals surface area contributed by atoms with Crippen molar-refractivity contribution in [3.8, 4) is 34.0 Å². The lowest BCUT2D eigenvalue weighted by Crippen LogP contribution is -2.22. The van der Waals surface area contributed by atoms with Gasteiger partial charge in [-0.3, -0.25) is 0 Å². The summed E-state index contributed by atoms with van der Waals surface area (Å²) in [4.78, 5) is 15.5. The molecule has 0 aliphatic rings. The predicted molar refractivity (Wildman–Crippen MR) is 140 cm³/mol. The first-order valence-electron chi connectivity index (χ1n) is 12.1. The van der Waals surface area contributed by atoms with Gasteiger partial charge in [-0.2, -0.15) is 27.1 Å². The number of para-hydroxylation sites is 1. The number of hydrogen-bond donors (Lipinski definition) is 1. The Morgan fingerprint density at radius 1 is 0.829 bits per heavy atom. The number of ether oxygens (including phenoxy) is 1. The van der Waals surface area contributed by atoms with Crippen molar-refractivity contribution in [3.63, 3.8) is 0 Å². The lowest BCUT2D eigenvalue weighted by molar-refractivity contribution is -0.185. The van der Waals surface area contributed by atoms with Crippen LogP contribution in [0.2, 0.25) is 0 Å². The van der Waals surface area contributed by atoms with Gasteiger partial charge < -0.3 is 9.84 Å². The molecular weight excluding hydrogens is 545 g/mol. The number of pyridine rings is 1. The summed E-state index contributed by atoms with van der Waals surface area (Å²) >= 11 is 0. The first kappa shape index (κ1) is 27.5. The van der Waals surface area contributed by atoms with E-state index in [4.69, 9.17) is 4.74 Å². The Morgan fingerprint density at radius 2 is 1.46 bits per heavy atom. The molecule has 0 fully saturated rings. The summed E-state index contributed by atoms with van der Waals surface area (Å²) in [7, 11) is 0. The maximum absolute atomic E-state index is 15.3. The van der Waals surface area contributed by atoms with Crippen LogP contribution in [0.3, 0.4) is 0 Å². The molecule has 2 heterocycles. The Balaban J connectivity index is 1.47. The van der Waals surface area contributed by atoms with Crippen LogP contribution in [-0.2, 0) is 12.3 Å². The molecule has 0 saturated heterocycles. The zero-order valence-electron chi connectivity index (χ0n) is 21.2. The van der Waals surface area contributed by atoms with Crippen LogP contribution in [0.4, 0.5) is 22.0 Å². The molecule has 0 unspecified atom stereocenters. The number of aromatic nitrogens is 3. The molecule has 0 aliphatic carbocycles. The third kappa shape index (κ3) is 5.65. The maximum Gasteiger partial charge on any atom is 0.434 e. The van der Waals surface area contributed by atoms with Crippen LogP contribution in [0.25, 0.3) is 28.2 Å². The van der Waals surface area contributed by atoms with E-state index in [2.05, 4.69) is 10.1 Å². The van der Waals surface area contributed by atoms with Gasteiger partial charge in [0.15, 0.2) is 11.5 Å². The van der Waals surface area contributed by atoms with Crippen molar-refractivity contribution in [1.82, 2.24) is 14.8 Å². The van der Waals surface area contributed by atoms with Crippen molar-refractivity contribution in [2.75, 3.05) is 0 Å². The monoisotopic (exact) mass is 565 g/mol. The zero-order chi connectivity index (χ0) is 29.4. The molecule has 0 radical (unpaired) electrons. The average Bonchev–Trinajstić information content (AvgIpc) is 3.41. The van der Waals surface area contributed by atoms with Gasteiger partial charge in [0.25, 0.3) is 0 Å². The van der Waals surface area contributed by atoms with Crippen LogP contribution in [-0.4, -0.2) is 25.8 Å². The minimum absolute atomic E-state index is 0.00381. The second-order valence-corrected chi connectivity index (χ2v) is 9.06. The smallest absolute Gasteiger partial charge is 0.434 e. The van der Waals surface area contributed by atoms with Crippen molar-refractivity contribution in [2.24, 2.45) is 0 Å². The molecule has 2 aromatic heterocycles. The minimum atomic E-state index is -5.06. The zero-order valence-corrected chi connectivity index (χ0v) is 21.2. The van der Waals surface area contributed by atoms with Crippen molar-refractivity contribution in [1.29, 1.82) is 0 Å². The van der Waals surface area contributed by atoms with E-state index in [-0.39, 0.29) is 22.8 Å². The van der Waals surface area contributed by atoms with Crippen LogP contribution in [0.15, 0.2) is 97.2 Å². The molecule has 0 bridgehead atoms. The highest BCUT2D eigenvalue weighted by Crippen LogP contribution is 2.38. The highest BCUT2D eigenvalue weighted by atomic mass is 19.4. The Morgan fingerprint density at radius 3 is 2.10 bits per heavy atom. The number of hydrogen-bond acceptors (Lipinski definition) is 4. The molecule has 0 atom stereocenters. The third-order valence-electron chi connectivity index (χ3n) is 6.23. The first-order valence-corrected chi connectivity index (χ1v) is 12.1. The van der Waals surface area contributed by atoms with Crippen molar-refractivity contribution >= 4 is 5.97 Å². The number of halogens is 5. The summed E-state index contributed by atoms with van der Waals surface area (Å²) in [5.41, 5.74) is -0.232. The number of nitrogens with zero attached hydrogens (tertiary/aromatic N) is 3. The number of carboxylic acids is 1. The van der Waals surface area contributed by atoms with Gasteiger partial charge in [0.2, 0.25) is 0 Å². The summed E-state index contributed by atoms with van der Waals surface area (Å²) in [6.45, 7) is 1.95. The number of carboxylic acid groups (broad SMARTS) is 1. The summed E-state index contributed by atoms with van der Waals surface area (Å²) < 4.78 is 77.2. The van der Waals surface area contributed by atoms with E-state index in [1.165, 1.54) is 54.6 Å². The summed E-state index contributed by atoms with van der Waals surface area (Å²) in [6.07, 6.45) is -8.25. The van der Waals surface area contributed by atoms with E-state index < -0.39 is 35.1 Å². The van der Waals surface area contributed by atoms with Crippen LogP contribution in [0.1, 0.15) is 27.2 Å². The Hall–Kier alpha value is -5.06. The van der Waals surface area contributed by atoms with E-state index in [1.807, 2.05) is 31.2 Å². The normalized spacial score (nSPS) is 11.9. The highest BCUT2D eigenvalue weighted by Gasteiger charge is 2.41. The van der Waals surface area contributed by atoms with Gasteiger partial charge in [-0.15, -0.1) is 0 Å². The molecule has 5 rings (SSSR count). The standard InChI is InChI=1S/C30H20F5N3O3/c1-18-9-11-19(12-10-18)20-13-15-21(16-14-20)30(34,35)41-25-7-3-2-5-22(25)24-6-4-8-26(37-24)38-27(29(31,32)33)23(17-36-38)28(39)40/h2-17H,1H3,(H,39,40). The Bertz CT molecular complexity index is 1710. The Kier molecular flexibility index (Phi) is 7.04. The molecule has 3 aromatic carbocycles. The second kappa shape index (κ2) is 10.5. The molecule has 208 valence electrons. The van der Waals surface area contributed by atoms with E-state index in [1.54, 1.807) is 12.1 Å². The lowest BCUT2D eigenvalue weighted by atomic mass is 10.0. The van der Waals surface area contributed by atoms with Crippen molar-refractivity contribution in [2.45, 2.75) is 19.2 Å². The topological polar surface area (TPSA) is 77.2 Å². The predicted octanol–water partition coefficient (Wildman–Crippen LogP) is 7.76. The summed E-state index contributed by atoms with van der Waals surface area (Å²) in [5.74, 6) is -2.45. The second-order valence-electron chi connectivity index (χ2n) is 9.06. The van der Waals surface area contributed by atoms with E-state index >= 15 is 8.78 Å². The van der Waals surface area contributed by atoms with Gasteiger partial charge >= 0.3 is 18.3 Å². The van der Waals surface area contributed by atoms with Gasteiger partial charge in [-0.1, -0.05) is 60.2 Å². The molecule has 1 N–H and O–H groups in total. The van der Waals surface area contributed by atoms with Crippen molar-refractivity contribution < 1.29 is 36.6 Å². The molecule has 0 saturated carbocycles. The van der Waals surface area contributed by atoms with E-state index in [0.29, 0.717) is 10.9 Å². The molecule has 6 nitrogen and oxygen atoms in total. The molecule has 11 heteroatoms. The third-order valence-corrected chi connectivity index (χ3v) is 6.23. The average molecular weight is 565 g/mol. The van der Waals surface area contributed by atoms with Gasteiger partial charge in [-0.25, -0.2) is 14.5 Å². The molecule has 0 amide bonds. The molecule has 5 aromatic rings. The molecule has 0 aliphatic heterocycles. The molecule has 0 spiro atoms. The summed E-state index contributed by atoms with van der Waals surface area (Å²) in [5, 5.41) is 12.7. The first-order chi connectivity index (χ1) is 19.4. The largest absolute Gasteiger partial charge is 0.478 e. The van der Waals surface area contributed by atoms with E-state index in [0.717, 1.165) is 16.7 Å². The fourth-order valence-corrected chi connectivity index (χ4v) is 4.21. The lowest BCUT2D eigenvalue weighted by Gasteiger charge is -2.20. The fraction of sp³-hybridized carbons (Fsp3) is 0.100. The Labute approximate surface area is 230 Å². The van der Waals surface area contributed by atoms with Gasteiger partial charge in [0.1, 0.15) is 11.3 Å². The van der Waals surface area contributed by atoms with Gasteiger partial charge in [0, 0.05) is 5.56 Å². The number of aromatic carboxylic acids is 1. The molecular formula is C30H20F5N3O3. The maximum atomic E-state index is 15.3. The number of benzene rings is 3. The fourth-order valence-electron chi connectivity index (χ4n) is 4.21. The van der Waals surface area contributed by atoms with Crippen LogP contribution >= 0.6 is 0 Å². The van der Waals surface area contributed by atoms with Gasteiger partial charge in [0.05, 0.1) is 17.5 Å². The minimum Gasteiger partial charge on any atom is -0.478 e. The number of carbonyl (C=O) groups is 1. The van der Waals surface area contributed by atoms with Crippen molar-refractivity contribution in [3.05, 3.63) is 120 Å². The number of aryl methyl sites for hydroxylation is 1. The SMILES string of the molecule is Cc1ccc(-c2ccc(C(F)(F)Oc3ccccc3-c3cccc(-n4ncc(C(=O)O)c4C(F)(F)F)n3)cc2)cc1. The van der Waals surface area contributed by atoms with E-state index in [9.17, 15) is 23.1 Å². The number of rotatable bonds is 7. The highest BCUT2D eigenvalue weighted by molar-refractivity contribution is 5.89. The number of alkyl halides is 5. The summed E-state index contributed by atoms with van der Waals surface area (Å²) in [6, 6.07) is 22.9. The van der Waals surface area contributed by atoms with Crippen LogP contribution in [0, 0.1) is 6.92 Å². The quantitative estimate of drug-likeness (QED) is 0.204. The van der Waals surface area contributed by atoms with Gasteiger partial charge in [-0.05, 0) is 54.4 Å². The molecule has 41 heavy (non-hydrogen) atoms.